The van der Waals surface area contributed by atoms with Crippen molar-refractivity contribution < 1.29 is 22.8 Å². The number of primary amides is 1. The second kappa shape index (κ2) is 7.16. The molecule has 2 amide bonds. The molecule has 0 saturated heterocycles. The number of amides is 2. The Kier molecular flexibility index (Phi) is 5.23. The predicted molar refractivity (Wildman–Crippen MR) is 82.0 cm³/mol. The average Bonchev–Trinajstić information content (AvgIpc) is 2.54. The van der Waals surface area contributed by atoms with Crippen molar-refractivity contribution >= 4 is 11.8 Å². The molecule has 0 unspecified atom stereocenters. The van der Waals surface area contributed by atoms with Gasteiger partial charge >= 0.3 is 6.18 Å². The normalized spacial score (nSPS) is 12.5. The van der Waals surface area contributed by atoms with E-state index >= 15 is 0 Å². The van der Waals surface area contributed by atoms with Crippen LogP contribution < -0.4 is 11.1 Å². The van der Waals surface area contributed by atoms with E-state index in [1.165, 1.54) is 0 Å². The van der Waals surface area contributed by atoms with Crippen LogP contribution in [0.15, 0.2) is 54.6 Å². The van der Waals surface area contributed by atoms with Crippen LogP contribution in [-0.4, -0.2) is 17.9 Å². The number of benzene rings is 2. The van der Waals surface area contributed by atoms with E-state index in [1.807, 2.05) is 6.07 Å². The Labute approximate surface area is 136 Å². The molecule has 0 radical (unpaired) electrons. The molecule has 2 aromatic carbocycles. The van der Waals surface area contributed by atoms with Crippen LogP contribution in [-0.2, 0) is 17.4 Å². The van der Waals surface area contributed by atoms with Crippen molar-refractivity contribution in [3.63, 3.8) is 0 Å². The summed E-state index contributed by atoms with van der Waals surface area (Å²) in [7, 11) is 0. The summed E-state index contributed by atoms with van der Waals surface area (Å²) in [6.45, 7) is 0. The first-order valence-corrected chi connectivity index (χ1v) is 7.09. The van der Waals surface area contributed by atoms with Crippen LogP contribution in [0, 0.1) is 0 Å². The number of rotatable bonds is 5. The minimum absolute atomic E-state index is 0.0160. The van der Waals surface area contributed by atoms with Crippen molar-refractivity contribution in [3.8, 4) is 0 Å². The highest BCUT2D eigenvalue weighted by Gasteiger charge is 2.30. The summed E-state index contributed by atoms with van der Waals surface area (Å²) in [6, 6.07) is 11.7. The van der Waals surface area contributed by atoms with E-state index in [9.17, 15) is 22.8 Å². The second-order valence-electron chi connectivity index (χ2n) is 5.19. The molecule has 0 saturated carbocycles. The van der Waals surface area contributed by atoms with E-state index in [4.69, 9.17) is 5.73 Å². The molecule has 2 aromatic rings. The summed E-state index contributed by atoms with van der Waals surface area (Å²) in [4.78, 5) is 23.6. The Bertz CT molecular complexity index is 713. The van der Waals surface area contributed by atoms with Gasteiger partial charge in [0.15, 0.2) is 0 Å². The van der Waals surface area contributed by atoms with Crippen LogP contribution in [0.1, 0.15) is 21.5 Å². The molecule has 7 heteroatoms. The summed E-state index contributed by atoms with van der Waals surface area (Å²) in [5.41, 5.74) is 5.25. The van der Waals surface area contributed by atoms with Gasteiger partial charge in [-0.3, -0.25) is 9.59 Å². The smallest absolute Gasteiger partial charge is 0.368 e. The van der Waals surface area contributed by atoms with Gasteiger partial charge in [0.05, 0.1) is 5.56 Å². The van der Waals surface area contributed by atoms with E-state index in [0.717, 1.165) is 29.8 Å². The highest BCUT2D eigenvalue weighted by molar-refractivity contribution is 5.97. The van der Waals surface area contributed by atoms with Gasteiger partial charge in [-0.05, 0) is 29.8 Å². The lowest BCUT2D eigenvalue weighted by Crippen LogP contribution is -2.45. The van der Waals surface area contributed by atoms with E-state index in [0.29, 0.717) is 0 Å². The number of halogens is 3. The highest BCUT2D eigenvalue weighted by Crippen LogP contribution is 2.29. The molecule has 126 valence electrons. The average molecular weight is 336 g/mol. The van der Waals surface area contributed by atoms with Crippen molar-refractivity contribution in [1.29, 1.82) is 0 Å². The number of alkyl halides is 3. The second-order valence-corrected chi connectivity index (χ2v) is 5.19. The fourth-order valence-corrected chi connectivity index (χ4v) is 2.12. The summed E-state index contributed by atoms with van der Waals surface area (Å²) < 4.78 is 37.6. The van der Waals surface area contributed by atoms with Crippen LogP contribution in [0.2, 0.25) is 0 Å². The third-order valence-electron chi connectivity index (χ3n) is 3.41. The molecule has 0 fully saturated rings. The maximum Gasteiger partial charge on any atom is 0.416 e. The molecule has 0 bridgehead atoms. The lowest BCUT2D eigenvalue weighted by atomic mass is 10.0. The van der Waals surface area contributed by atoms with E-state index < -0.39 is 29.6 Å². The largest absolute Gasteiger partial charge is 0.416 e. The minimum Gasteiger partial charge on any atom is -0.368 e. The molecule has 0 aliphatic heterocycles. The predicted octanol–water partition coefficient (Wildman–Crippen LogP) is 2.53. The van der Waals surface area contributed by atoms with E-state index in [2.05, 4.69) is 5.32 Å². The van der Waals surface area contributed by atoms with Gasteiger partial charge in [0.25, 0.3) is 5.91 Å². The number of nitrogens with two attached hydrogens (primary N) is 1. The SMILES string of the molecule is NC(=O)[C@@H](Cc1ccccc1)NC(=O)c1ccc(C(F)(F)F)cc1. The lowest BCUT2D eigenvalue weighted by molar-refractivity contribution is -0.137. The van der Waals surface area contributed by atoms with E-state index in [1.54, 1.807) is 24.3 Å². The molecule has 24 heavy (non-hydrogen) atoms. The fourth-order valence-electron chi connectivity index (χ4n) is 2.12. The third-order valence-corrected chi connectivity index (χ3v) is 3.41. The van der Waals surface area contributed by atoms with Gasteiger partial charge in [0.2, 0.25) is 5.91 Å². The van der Waals surface area contributed by atoms with Gasteiger partial charge in [-0.15, -0.1) is 0 Å². The molecule has 0 aromatic heterocycles. The number of hydrogen-bond donors (Lipinski definition) is 2. The molecule has 1 atom stereocenters. The van der Waals surface area contributed by atoms with Gasteiger partial charge in [-0.25, -0.2) is 0 Å². The Hall–Kier alpha value is -2.83. The van der Waals surface area contributed by atoms with Gasteiger partial charge in [0.1, 0.15) is 6.04 Å². The molecule has 4 nitrogen and oxygen atoms in total. The Morgan fingerprint density at radius 1 is 1.00 bits per heavy atom. The molecule has 0 heterocycles. The topological polar surface area (TPSA) is 72.2 Å². The van der Waals surface area contributed by atoms with Crippen LogP contribution in [0.3, 0.4) is 0 Å². The monoisotopic (exact) mass is 336 g/mol. The molecular formula is C17H15F3N2O2. The van der Waals surface area contributed by atoms with Gasteiger partial charge < -0.3 is 11.1 Å². The first-order chi connectivity index (χ1) is 11.3. The zero-order chi connectivity index (χ0) is 17.7. The molecular weight excluding hydrogens is 321 g/mol. The summed E-state index contributed by atoms with van der Waals surface area (Å²) in [6.07, 6.45) is -4.28. The molecule has 3 N–H and O–H groups in total. The van der Waals surface area contributed by atoms with Crippen molar-refractivity contribution in [2.45, 2.75) is 18.6 Å². The van der Waals surface area contributed by atoms with E-state index in [-0.39, 0.29) is 12.0 Å². The van der Waals surface area contributed by atoms with Crippen LogP contribution in [0.5, 0.6) is 0 Å². The third kappa shape index (κ3) is 4.58. The quantitative estimate of drug-likeness (QED) is 0.881. The first kappa shape index (κ1) is 17.5. The van der Waals surface area contributed by atoms with Crippen molar-refractivity contribution in [1.82, 2.24) is 5.32 Å². The number of carbonyl (C=O) groups is 2. The van der Waals surface area contributed by atoms with Gasteiger partial charge in [-0.2, -0.15) is 13.2 Å². The fraction of sp³-hybridized carbons (Fsp3) is 0.176. The Balaban J connectivity index is 2.09. The zero-order valence-electron chi connectivity index (χ0n) is 12.5. The maximum absolute atomic E-state index is 12.5. The lowest BCUT2D eigenvalue weighted by Gasteiger charge is -2.16. The Morgan fingerprint density at radius 3 is 2.08 bits per heavy atom. The van der Waals surface area contributed by atoms with Crippen LogP contribution >= 0.6 is 0 Å². The summed E-state index contributed by atoms with van der Waals surface area (Å²) in [5, 5.41) is 2.44. The molecule has 0 spiro atoms. The molecule has 2 rings (SSSR count). The van der Waals surface area contributed by atoms with Crippen LogP contribution in [0.25, 0.3) is 0 Å². The zero-order valence-corrected chi connectivity index (χ0v) is 12.5. The van der Waals surface area contributed by atoms with Gasteiger partial charge in [0, 0.05) is 12.0 Å². The Morgan fingerprint density at radius 2 is 1.58 bits per heavy atom. The van der Waals surface area contributed by atoms with Gasteiger partial charge in [-0.1, -0.05) is 30.3 Å². The molecule has 0 aliphatic carbocycles. The standard InChI is InChI=1S/C17H15F3N2O2/c18-17(19,20)13-8-6-12(7-9-13)16(24)22-14(15(21)23)10-11-4-2-1-3-5-11/h1-9,14H,10H2,(H2,21,23)(H,22,24)/t14-/m1/s1. The first-order valence-electron chi connectivity index (χ1n) is 7.09. The maximum atomic E-state index is 12.5. The summed E-state index contributed by atoms with van der Waals surface area (Å²) >= 11 is 0. The highest BCUT2D eigenvalue weighted by atomic mass is 19.4. The summed E-state index contributed by atoms with van der Waals surface area (Å²) in [5.74, 6) is -1.39. The van der Waals surface area contributed by atoms with Crippen molar-refractivity contribution in [3.05, 3.63) is 71.3 Å². The number of nitrogens with one attached hydrogen (secondary N) is 1. The molecule has 0 aliphatic rings. The minimum atomic E-state index is -4.47. The van der Waals surface area contributed by atoms with Crippen LogP contribution in [0.4, 0.5) is 13.2 Å². The van der Waals surface area contributed by atoms with Crippen molar-refractivity contribution in [2.24, 2.45) is 5.73 Å². The number of hydrogen-bond acceptors (Lipinski definition) is 2. The number of carbonyl (C=O) groups excluding carboxylic acids is 2. The van der Waals surface area contributed by atoms with Crippen molar-refractivity contribution in [2.75, 3.05) is 0 Å².